The molecule has 12 heteroatoms. The largest absolute Gasteiger partial charge is 0.453 e. The van der Waals surface area contributed by atoms with E-state index in [9.17, 15) is 14.4 Å². The highest BCUT2D eigenvalue weighted by Gasteiger charge is 2.38. The van der Waals surface area contributed by atoms with Crippen LogP contribution in [-0.4, -0.2) is 73.9 Å². The molecule has 2 aromatic heterocycles. The molecule has 0 radical (unpaired) electrons. The minimum atomic E-state index is -0.699. The van der Waals surface area contributed by atoms with Crippen LogP contribution in [0.3, 0.4) is 0 Å². The number of ether oxygens (including phenoxy) is 1. The number of amides is 3. The van der Waals surface area contributed by atoms with E-state index in [-0.39, 0.29) is 47.2 Å². The molecule has 0 bridgehead atoms. The van der Waals surface area contributed by atoms with E-state index in [1.165, 1.54) is 13.2 Å². The molecule has 268 valence electrons. The zero-order valence-electron chi connectivity index (χ0n) is 30.0. The molecular weight excluding hydrogens is 649 g/mol. The van der Waals surface area contributed by atoms with Crippen LogP contribution in [0.25, 0.3) is 22.3 Å². The van der Waals surface area contributed by atoms with Gasteiger partial charge in [-0.25, -0.2) is 19.2 Å². The van der Waals surface area contributed by atoms with E-state index < -0.39 is 18.0 Å². The van der Waals surface area contributed by atoms with Gasteiger partial charge in [0.15, 0.2) is 5.82 Å². The van der Waals surface area contributed by atoms with Gasteiger partial charge in [-0.2, -0.15) is 0 Å². The fourth-order valence-corrected chi connectivity index (χ4v) is 6.91. The third kappa shape index (κ3) is 7.48. The summed E-state index contributed by atoms with van der Waals surface area (Å²) < 4.78 is 20.0. The maximum atomic E-state index is 15.2. The number of carbonyl (C=O) groups excluding carboxylic acids is 3. The molecule has 4 heterocycles. The van der Waals surface area contributed by atoms with Crippen LogP contribution in [0.2, 0.25) is 0 Å². The maximum Gasteiger partial charge on any atom is 0.407 e. The van der Waals surface area contributed by atoms with Crippen molar-refractivity contribution in [2.45, 2.75) is 78.4 Å². The summed E-state index contributed by atoms with van der Waals surface area (Å²) in [7, 11) is 1.28. The first-order valence-corrected chi connectivity index (χ1v) is 17.8. The fourth-order valence-electron chi connectivity index (χ4n) is 6.91. The van der Waals surface area contributed by atoms with Crippen molar-refractivity contribution in [2.75, 3.05) is 20.2 Å². The second-order valence-corrected chi connectivity index (χ2v) is 14.3. The van der Waals surface area contributed by atoms with Crippen LogP contribution >= 0.6 is 0 Å². The van der Waals surface area contributed by atoms with E-state index in [2.05, 4.69) is 37.1 Å². The Labute approximate surface area is 297 Å². The van der Waals surface area contributed by atoms with Crippen molar-refractivity contribution in [3.63, 3.8) is 0 Å². The maximum absolute atomic E-state index is 15.2. The summed E-state index contributed by atoms with van der Waals surface area (Å²) in [6, 6.07) is 9.73. The zero-order chi connectivity index (χ0) is 36.4. The number of hydrogen-bond acceptors (Lipinski definition) is 6. The molecule has 51 heavy (non-hydrogen) atoms. The summed E-state index contributed by atoms with van der Waals surface area (Å²) in [4.78, 5) is 58.1. The van der Waals surface area contributed by atoms with Gasteiger partial charge in [0.05, 0.1) is 36.6 Å². The number of alkyl carbamates (subject to hydrolysis) is 1. The molecule has 3 amide bonds. The van der Waals surface area contributed by atoms with Crippen molar-refractivity contribution < 1.29 is 23.5 Å². The zero-order valence-corrected chi connectivity index (χ0v) is 30.0. The quantitative estimate of drug-likeness (QED) is 0.180. The number of halogens is 1. The Hall–Kier alpha value is -5.18. The number of methoxy groups -OCH3 is 1. The van der Waals surface area contributed by atoms with E-state index in [0.29, 0.717) is 35.8 Å². The first-order chi connectivity index (χ1) is 24.4. The van der Waals surface area contributed by atoms with Crippen molar-refractivity contribution in [1.82, 2.24) is 35.1 Å². The van der Waals surface area contributed by atoms with Crippen LogP contribution in [0.1, 0.15) is 95.2 Å². The molecule has 2 aromatic carbocycles. The Balaban J connectivity index is 1.15. The Morgan fingerprint density at radius 2 is 1.53 bits per heavy atom. The number of nitrogens with one attached hydrogen (secondary N) is 3. The molecular formula is C39H46FN7O4. The molecule has 0 saturated carbocycles. The predicted molar refractivity (Wildman–Crippen MR) is 192 cm³/mol. The lowest BCUT2D eigenvalue weighted by molar-refractivity contribution is -0.137. The Kier molecular flexibility index (Phi) is 10.5. The van der Waals surface area contributed by atoms with Gasteiger partial charge in [-0.3, -0.25) is 9.59 Å². The third-order valence-corrected chi connectivity index (χ3v) is 10.2. The van der Waals surface area contributed by atoms with Gasteiger partial charge in [-0.05, 0) is 67.3 Å². The molecule has 0 unspecified atom stereocenters. The summed E-state index contributed by atoms with van der Waals surface area (Å²) in [5.74, 6) is 7.03. The number of hydrogen-bond donors (Lipinski definition) is 3. The number of fused-ring (bicyclic) bond motifs is 1. The first kappa shape index (κ1) is 35.6. The van der Waals surface area contributed by atoms with Gasteiger partial charge in [0.25, 0.3) is 0 Å². The van der Waals surface area contributed by atoms with Gasteiger partial charge < -0.3 is 29.8 Å². The molecule has 2 aliphatic rings. The van der Waals surface area contributed by atoms with Gasteiger partial charge >= 0.3 is 6.09 Å². The smallest absolute Gasteiger partial charge is 0.407 e. The number of imidazole rings is 2. The van der Waals surface area contributed by atoms with E-state index in [1.807, 2.05) is 63.8 Å². The number of aromatic nitrogens is 4. The number of rotatable bonds is 8. The fraction of sp³-hybridized carbons (Fsp3) is 0.462. The van der Waals surface area contributed by atoms with Crippen LogP contribution < -0.4 is 5.32 Å². The molecule has 4 atom stereocenters. The first-order valence-electron chi connectivity index (χ1n) is 17.8. The van der Waals surface area contributed by atoms with Crippen molar-refractivity contribution >= 4 is 28.9 Å². The topological polar surface area (TPSA) is 136 Å². The lowest BCUT2D eigenvalue weighted by Gasteiger charge is -2.30. The summed E-state index contributed by atoms with van der Waals surface area (Å²) in [5.41, 5.74) is 3.79. The number of benzene rings is 2. The highest BCUT2D eigenvalue weighted by molar-refractivity contribution is 5.86. The number of aromatic amines is 2. The standard InChI is InChI=1S/C39H46FN7O4/c1-22(2)24(5)37(48)46-17-8-10-32(46)36-42-29-20-26(19-28(40)34(29)44-36)12-11-25-13-15-27(16-14-25)30-21-41-35(43-30)31-9-7-18-47(31)38(49)33(23(3)4)45-39(50)51-6/h13-16,19-24,31-33H,7-10,17-18H2,1-6H3,(H,41,43)(H,42,44)(H,45,50)/t24-,31-,32-,33-/m0/s1. The monoisotopic (exact) mass is 695 g/mol. The second kappa shape index (κ2) is 15.0. The Morgan fingerprint density at radius 3 is 2.18 bits per heavy atom. The normalized spacial score (nSPS) is 18.6. The van der Waals surface area contributed by atoms with Gasteiger partial charge in [0, 0.05) is 30.1 Å². The predicted octanol–water partition coefficient (Wildman–Crippen LogP) is 6.49. The molecule has 0 spiro atoms. The summed E-state index contributed by atoms with van der Waals surface area (Å²) in [6.07, 6.45) is 4.38. The lowest BCUT2D eigenvalue weighted by atomic mass is 9.96. The van der Waals surface area contributed by atoms with Crippen molar-refractivity contribution in [1.29, 1.82) is 0 Å². The van der Waals surface area contributed by atoms with Crippen LogP contribution in [0.4, 0.5) is 9.18 Å². The number of nitrogens with zero attached hydrogens (tertiary/aromatic N) is 4. The SMILES string of the molecule is COC(=O)N[C@H](C(=O)N1CCC[C@H]1c1ncc(-c2ccc(C#Cc3cc(F)c4nc([C@@H]5CCCN5C(=O)[C@@H](C)C(C)C)[nH]c4c3)cc2)[nH]1)C(C)C. The summed E-state index contributed by atoms with van der Waals surface area (Å²) >= 11 is 0. The van der Waals surface area contributed by atoms with Crippen molar-refractivity contribution in [3.8, 4) is 23.1 Å². The van der Waals surface area contributed by atoms with Gasteiger partial charge in [-0.1, -0.05) is 58.6 Å². The minimum absolute atomic E-state index is 0.0957. The Morgan fingerprint density at radius 1 is 0.882 bits per heavy atom. The molecule has 3 N–H and O–H groups in total. The lowest BCUT2D eigenvalue weighted by Crippen LogP contribution is -2.51. The van der Waals surface area contributed by atoms with E-state index in [4.69, 9.17) is 4.74 Å². The third-order valence-electron chi connectivity index (χ3n) is 10.2. The van der Waals surface area contributed by atoms with E-state index >= 15 is 4.39 Å². The molecule has 0 aliphatic carbocycles. The second-order valence-electron chi connectivity index (χ2n) is 14.3. The van der Waals surface area contributed by atoms with Crippen LogP contribution in [0, 0.1) is 35.4 Å². The van der Waals surface area contributed by atoms with E-state index in [1.54, 1.807) is 17.2 Å². The Bertz CT molecular complexity index is 1970. The molecule has 2 saturated heterocycles. The number of likely N-dealkylation sites (tertiary alicyclic amines) is 2. The van der Waals surface area contributed by atoms with Crippen molar-refractivity contribution in [2.24, 2.45) is 17.8 Å². The van der Waals surface area contributed by atoms with Gasteiger partial charge in [-0.15, -0.1) is 0 Å². The summed E-state index contributed by atoms with van der Waals surface area (Å²) in [5, 5.41) is 2.68. The highest BCUT2D eigenvalue weighted by atomic mass is 19.1. The number of H-pyrrole nitrogens is 2. The van der Waals surface area contributed by atoms with Crippen LogP contribution in [0.5, 0.6) is 0 Å². The molecule has 2 fully saturated rings. The molecule has 6 rings (SSSR count). The molecule has 4 aromatic rings. The average Bonchev–Trinajstić information content (AvgIpc) is 3.94. The van der Waals surface area contributed by atoms with Gasteiger partial charge in [0.1, 0.15) is 23.2 Å². The number of carbonyl (C=O) groups is 3. The summed E-state index contributed by atoms with van der Waals surface area (Å²) in [6.45, 7) is 11.1. The minimum Gasteiger partial charge on any atom is -0.453 e. The highest BCUT2D eigenvalue weighted by Crippen LogP contribution is 2.35. The van der Waals surface area contributed by atoms with Crippen molar-refractivity contribution in [3.05, 3.63) is 71.2 Å². The van der Waals surface area contributed by atoms with Crippen LogP contribution in [-0.2, 0) is 14.3 Å². The molecule has 2 aliphatic heterocycles. The van der Waals surface area contributed by atoms with Gasteiger partial charge in [0.2, 0.25) is 11.8 Å². The van der Waals surface area contributed by atoms with E-state index in [0.717, 1.165) is 42.5 Å². The molecule has 11 nitrogen and oxygen atoms in total. The average molecular weight is 696 g/mol. The van der Waals surface area contributed by atoms with Crippen LogP contribution in [0.15, 0.2) is 42.6 Å².